The minimum Gasteiger partial charge on any atom is -0.497 e. The monoisotopic (exact) mass is 369 g/mol. The van der Waals surface area contributed by atoms with E-state index in [0.29, 0.717) is 5.02 Å². The van der Waals surface area contributed by atoms with Crippen LogP contribution in [-0.4, -0.2) is 18.3 Å². The third kappa shape index (κ3) is 4.92. The first kappa shape index (κ1) is 17.2. The molecule has 0 radical (unpaired) electrons. The molecule has 0 aliphatic heterocycles. The second-order valence-electron chi connectivity index (χ2n) is 5.07. The average molecular weight is 370 g/mol. The molecular weight excluding hydrogens is 354 g/mol. The summed E-state index contributed by atoms with van der Waals surface area (Å²) in [5.41, 5.74) is 5.89. The van der Waals surface area contributed by atoms with Gasteiger partial charge in [0, 0.05) is 22.2 Å². The van der Waals surface area contributed by atoms with Crippen molar-refractivity contribution in [2.75, 3.05) is 12.5 Å². The van der Waals surface area contributed by atoms with Gasteiger partial charge in [-0.15, -0.1) is 11.3 Å². The number of hydrogen-bond acceptors (Lipinski definition) is 5. The summed E-state index contributed by atoms with van der Waals surface area (Å²) in [6, 6.07) is 15.4. The maximum Gasteiger partial charge on any atom is 0.203 e. The number of aromatic nitrogens is 1. The lowest BCUT2D eigenvalue weighted by Gasteiger charge is -1.99. The van der Waals surface area contributed by atoms with Crippen LogP contribution in [0.3, 0.4) is 0 Å². The number of allylic oxidation sites excluding steroid dienone is 1. The number of benzene rings is 2. The standard InChI is InChI=1S/C19H16ClN3OS/c1-24-17-6-2-4-14(12-17)5-3-11-21-23-19-22-18(13-25-19)15-7-9-16(20)10-8-15/h2-13H,1H3,(H,22,23)/b5-3+,21-11+. The molecule has 2 aromatic carbocycles. The van der Waals surface area contributed by atoms with E-state index in [9.17, 15) is 0 Å². The highest BCUT2D eigenvalue weighted by Gasteiger charge is 2.03. The van der Waals surface area contributed by atoms with Crippen LogP contribution in [0.25, 0.3) is 17.3 Å². The number of nitrogens with one attached hydrogen (secondary N) is 1. The molecule has 25 heavy (non-hydrogen) atoms. The van der Waals surface area contributed by atoms with Crippen molar-refractivity contribution in [2.45, 2.75) is 0 Å². The highest BCUT2D eigenvalue weighted by Crippen LogP contribution is 2.25. The summed E-state index contributed by atoms with van der Waals surface area (Å²) >= 11 is 7.40. The van der Waals surface area contributed by atoms with Gasteiger partial charge >= 0.3 is 0 Å². The Hall–Kier alpha value is -2.63. The van der Waals surface area contributed by atoms with Gasteiger partial charge in [-0.1, -0.05) is 41.9 Å². The van der Waals surface area contributed by atoms with Crippen molar-refractivity contribution < 1.29 is 4.74 Å². The normalized spacial score (nSPS) is 11.3. The van der Waals surface area contributed by atoms with Gasteiger partial charge < -0.3 is 4.74 Å². The number of nitrogens with zero attached hydrogens (tertiary/aromatic N) is 2. The molecule has 1 heterocycles. The van der Waals surface area contributed by atoms with Gasteiger partial charge in [-0.2, -0.15) is 5.10 Å². The summed E-state index contributed by atoms with van der Waals surface area (Å²) < 4.78 is 5.19. The topological polar surface area (TPSA) is 46.5 Å². The molecule has 0 aliphatic carbocycles. The summed E-state index contributed by atoms with van der Waals surface area (Å²) in [4.78, 5) is 4.50. The third-order valence-electron chi connectivity index (χ3n) is 3.35. The second-order valence-corrected chi connectivity index (χ2v) is 6.37. The van der Waals surface area contributed by atoms with Crippen LogP contribution >= 0.6 is 22.9 Å². The van der Waals surface area contributed by atoms with Gasteiger partial charge in [0.15, 0.2) is 0 Å². The number of rotatable bonds is 6. The predicted octanol–water partition coefficient (Wildman–Crippen LogP) is 5.58. The first-order chi connectivity index (χ1) is 12.2. The van der Waals surface area contributed by atoms with E-state index in [2.05, 4.69) is 15.5 Å². The lowest BCUT2D eigenvalue weighted by Crippen LogP contribution is -1.87. The molecule has 1 aromatic heterocycles. The van der Waals surface area contributed by atoms with Gasteiger partial charge in [0.25, 0.3) is 0 Å². The number of hydrazone groups is 1. The molecule has 0 spiro atoms. The van der Waals surface area contributed by atoms with Crippen LogP contribution in [0.15, 0.2) is 65.1 Å². The van der Waals surface area contributed by atoms with E-state index in [1.54, 1.807) is 13.3 Å². The van der Waals surface area contributed by atoms with E-state index in [4.69, 9.17) is 16.3 Å². The highest BCUT2D eigenvalue weighted by atomic mass is 35.5. The highest BCUT2D eigenvalue weighted by molar-refractivity contribution is 7.14. The Labute approximate surface area is 155 Å². The Morgan fingerprint density at radius 2 is 2.04 bits per heavy atom. The fraction of sp³-hybridized carbons (Fsp3) is 0.0526. The van der Waals surface area contributed by atoms with Crippen LogP contribution in [0, 0.1) is 0 Å². The number of hydrogen-bond donors (Lipinski definition) is 1. The fourth-order valence-corrected chi connectivity index (χ4v) is 2.91. The molecule has 0 saturated carbocycles. The third-order valence-corrected chi connectivity index (χ3v) is 4.35. The van der Waals surface area contributed by atoms with E-state index in [1.807, 2.05) is 66.1 Å². The zero-order valence-electron chi connectivity index (χ0n) is 13.5. The van der Waals surface area contributed by atoms with E-state index in [1.165, 1.54) is 11.3 Å². The number of halogens is 1. The summed E-state index contributed by atoms with van der Waals surface area (Å²) in [6.07, 6.45) is 5.49. The summed E-state index contributed by atoms with van der Waals surface area (Å²) in [7, 11) is 1.65. The lowest BCUT2D eigenvalue weighted by atomic mass is 10.2. The van der Waals surface area contributed by atoms with Crippen molar-refractivity contribution in [1.82, 2.24) is 4.98 Å². The minimum atomic E-state index is 0.713. The Balaban J connectivity index is 1.57. The molecule has 0 fully saturated rings. The van der Waals surface area contributed by atoms with Crippen molar-refractivity contribution >= 4 is 40.4 Å². The predicted molar refractivity (Wildman–Crippen MR) is 107 cm³/mol. The molecular formula is C19H16ClN3OS. The van der Waals surface area contributed by atoms with Crippen molar-refractivity contribution in [3.63, 3.8) is 0 Å². The molecule has 6 heteroatoms. The lowest BCUT2D eigenvalue weighted by molar-refractivity contribution is 0.414. The number of ether oxygens (including phenoxy) is 1. The van der Waals surface area contributed by atoms with Crippen molar-refractivity contribution in [3.05, 3.63) is 70.6 Å². The molecule has 4 nitrogen and oxygen atoms in total. The second kappa shape index (κ2) is 8.46. The molecule has 1 N–H and O–H groups in total. The van der Waals surface area contributed by atoms with Crippen molar-refractivity contribution in [1.29, 1.82) is 0 Å². The van der Waals surface area contributed by atoms with E-state index in [0.717, 1.165) is 27.7 Å². The molecule has 0 bridgehead atoms. The van der Waals surface area contributed by atoms with E-state index >= 15 is 0 Å². The van der Waals surface area contributed by atoms with Crippen LogP contribution in [0.2, 0.25) is 5.02 Å². The first-order valence-electron chi connectivity index (χ1n) is 7.56. The smallest absolute Gasteiger partial charge is 0.203 e. The zero-order chi connectivity index (χ0) is 17.5. The van der Waals surface area contributed by atoms with Crippen LogP contribution in [0.5, 0.6) is 5.75 Å². The molecule has 0 saturated heterocycles. The Kier molecular flexibility index (Phi) is 5.82. The quantitative estimate of drug-likeness (QED) is 0.455. The molecule has 0 amide bonds. The SMILES string of the molecule is COc1cccc(/C=C/C=N/Nc2nc(-c3ccc(Cl)cc3)cs2)c1. The van der Waals surface area contributed by atoms with Crippen LogP contribution in [-0.2, 0) is 0 Å². The van der Waals surface area contributed by atoms with Gasteiger partial charge in [-0.05, 0) is 35.9 Å². The Morgan fingerprint density at radius 3 is 2.84 bits per heavy atom. The molecule has 0 aliphatic rings. The van der Waals surface area contributed by atoms with Crippen molar-refractivity contribution in [2.24, 2.45) is 5.10 Å². The van der Waals surface area contributed by atoms with Gasteiger partial charge in [0.1, 0.15) is 5.75 Å². The Morgan fingerprint density at radius 1 is 1.20 bits per heavy atom. The van der Waals surface area contributed by atoms with Gasteiger partial charge in [-0.25, -0.2) is 4.98 Å². The van der Waals surface area contributed by atoms with Crippen LogP contribution in [0.4, 0.5) is 5.13 Å². The summed E-state index contributed by atoms with van der Waals surface area (Å²) in [5.74, 6) is 0.828. The first-order valence-corrected chi connectivity index (χ1v) is 8.81. The molecule has 0 unspecified atom stereocenters. The van der Waals surface area contributed by atoms with Crippen LogP contribution in [0.1, 0.15) is 5.56 Å². The molecule has 3 aromatic rings. The van der Waals surface area contributed by atoms with Crippen molar-refractivity contribution in [3.8, 4) is 17.0 Å². The largest absolute Gasteiger partial charge is 0.497 e. The van der Waals surface area contributed by atoms with E-state index < -0.39 is 0 Å². The molecule has 3 rings (SSSR count). The zero-order valence-corrected chi connectivity index (χ0v) is 15.1. The maximum absolute atomic E-state index is 5.90. The summed E-state index contributed by atoms with van der Waals surface area (Å²) in [5, 5.41) is 7.58. The number of thiazole rings is 1. The number of methoxy groups -OCH3 is 1. The maximum atomic E-state index is 5.90. The molecule has 126 valence electrons. The Bertz CT molecular complexity index is 888. The average Bonchev–Trinajstić information content (AvgIpc) is 3.11. The van der Waals surface area contributed by atoms with Gasteiger partial charge in [0.05, 0.1) is 12.8 Å². The number of anilines is 1. The molecule has 0 atom stereocenters. The fourth-order valence-electron chi connectivity index (χ4n) is 2.11. The van der Waals surface area contributed by atoms with E-state index in [-0.39, 0.29) is 0 Å². The van der Waals surface area contributed by atoms with Crippen LogP contribution < -0.4 is 10.2 Å². The minimum absolute atomic E-state index is 0.713. The summed E-state index contributed by atoms with van der Waals surface area (Å²) in [6.45, 7) is 0. The van der Waals surface area contributed by atoms with Gasteiger partial charge in [0.2, 0.25) is 5.13 Å². The van der Waals surface area contributed by atoms with Gasteiger partial charge in [-0.3, -0.25) is 5.43 Å².